The van der Waals surface area contributed by atoms with Gasteiger partial charge in [-0.1, -0.05) is 37.3 Å². The molecule has 0 spiro atoms. The highest BCUT2D eigenvalue weighted by atomic mass is 28.4. The van der Waals surface area contributed by atoms with Crippen LogP contribution in [-0.2, 0) is 13.6 Å². The molecule has 0 aromatic heterocycles. The summed E-state index contributed by atoms with van der Waals surface area (Å²) >= 11 is 0. The maximum Gasteiger partial charge on any atom is 0.298 e. The highest BCUT2D eigenvalue weighted by molar-refractivity contribution is 6.71. The third-order valence-electron chi connectivity index (χ3n) is 3.12. The number of benzene rings is 1. The van der Waals surface area contributed by atoms with E-state index in [4.69, 9.17) is 8.85 Å². The lowest BCUT2D eigenvalue weighted by Gasteiger charge is -2.33. The van der Waals surface area contributed by atoms with Gasteiger partial charge in [0.25, 0.3) is 5.97 Å². The highest BCUT2D eigenvalue weighted by Gasteiger charge is 2.35. The van der Waals surface area contributed by atoms with Crippen molar-refractivity contribution in [3.63, 3.8) is 0 Å². The molecule has 1 aromatic carbocycles. The van der Waals surface area contributed by atoms with Crippen LogP contribution in [0.4, 0.5) is 0 Å². The molecule has 0 unspecified atom stereocenters. The molecule has 0 saturated heterocycles. The Labute approximate surface area is 137 Å². The van der Waals surface area contributed by atoms with E-state index in [0.29, 0.717) is 6.42 Å². The van der Waals surface area contributed by atoms with E-state index in [-0.39, 0.29) is 18.0 Å². The molecule has 0 aliphatic carbocycles. The second-order valence-electron chi connectivity index (χ2n) is 7.61. The van der Waals surface area contributed by atoms with Crippen molar-refractivity contribution in [2.24, 2.45) is 5.92 Å². The van der Waals surface area contributed by atoms with Crippen LogP contribution in [-0.4, -0.2) is 22.6 Å². The van der Waals surface area contributed by atoms with Gasteiger partial charge in [0.1, 0.15) is 0 Å². The van der Waals surface area contributed by atoms with Gasteiger partial charge in [-0.3, -0.25) is 4.79 Å². The lowest BCUT2D eigenvalue weighted by molar-refractivity contribution is -0.143. The van der Waals surface area contributed by atoms with Gasteiger partial charge < -0.3 is 8.85 Å². The predicted octanol–water partition coefficient (Wildman–Crippen LogP) is 4.98. The van der Waals surface area contributed by atoms with E-state index in [2.05, 4.69) is 19.6 Å². The van der Waals surface area contributed by atoms with Gasteiger partial charge in [-0.2, -0.15) is 0 Å². The van der Waals surface area contributed by atoms with Gasteiger partial charge in [-0.15, -0.1) is 0 Å². The molecule has 1 aromatic rings. The Morgan fingerprint density at radius 2 is 1.55 bits per heavy atom. The molecule has 0 aliphatic rings. The average Bonchev–Trinajstić information content (AvgIpc) is 2.36. The monoisotopic (exact) mass is 338 g/mol. The Morgan fingerprint density at radius 3 is 1.95 bits per heavy atom. The first-order valence-electron chi connectivity index (χ1n) is 7.99. The summed E-state index contributed by atoms with van der Waals surface area (Å²) < 4.78 is 12.1. The summed E-state index contributed by atoms with van der Waals surface area (Å²) in [7, 11) is -3.68. The van der Waals surface area contributed by atoms with Crippen molar-refractivity contribution in [2.75, 3.05) is 0 Å². The summed E-state index contributed by atoms with van der Waals surface area (Å²) in [5.41, 5.74) is 1.06. The lowest BCUT2D eigenvalue weighted by atomic mass is 9.94. The number of carbonyl (C=O) groups excluding carboxylic acids is 1. The lowest BCUT2D eigenvalue weighted by Crippen LogP contribution is -2.38. The maximum atomic E-state index is 12.6. The van der Waals surface area contributed by atoms with E-state index in [1.165, 1.54) is 0 Å². The zero-order chi connectivity index (χ0) is 17.0. The molecule has 0 radical (unpaired) electrons. The molecule has 0 heterocycles. The van der Waals surface area contributed by atoms with E-state index in [1.807, 2.05) is 56.9 Å². The molecule has 0 saturated carbocycles. The van der Waals surface area contributed by atoms with E-state index in [0.717, 1.165) is 5.56 Å². The average molecular weight is 339 g/mol. The number of hydrogen-bond acceptors (Lipinski definition) is 3. The minimum atomic E-state index is -1.90. The molecule has 0 amide bonds. The van der Waals surface area contributed by atoms with E-state index in [9.17, 15) is 4.79 Å². The summed E-state index contributed by atoms with van der Waals surface area (Å²) in [6, 6.07) is 10.0. The number of rotatable bonds is 7. The summed E-state index contributed by atoms with van der Waals surface area (Å²) in [4.78, 5) is 12.6. The summed E-state index contributed by atoms with van der Waals surface area (Å²) in [6.45, 7) is 14.6. The van der Waals surface area contributed by atoms with Gasteiger partial charge in [0.05, 0.1) is 12.0 Å². The van der Waals surface area contributed by atoms with Crippen molar-refractivity contribution >= 4 is 22.6 Å². The van der Waals surface area contributed by atoms with Gasteiger partial charge in [0, 0.05) is 0 Å². The minimum absolute atomic E-state index is 0.117. The Balaban J connectivity index is 3.09. The van der Waals surface area contributed by atoms with Crippen molar-refractivity contribution in [1.29, 1.82) is 0 Å². The Bertz CT molecular complexity index is 475. The molecule has 5 heteroatoms. The van der Waals surface area contributed by atoms with Crippen LogP contribution in [0.5, 0.6) is 0 Å². The molecule has 3 nitrogen and oxygen atoms in total. The fourth-order valence-electron chi connectivity index (χ4n) is 2.29. The van der Waals surface area contributed by atoms with Crippen LogP contribution in [0.2, 0.25) is 39.3 Å². The topological polar surface area (TPSA) is 35.5 Å². The maximum absolute atomic E-state index is 12.6. The highest BCUT2D eigenvalue weighted by Crippen LogP contribution is 2.33. The largest absolute Gasteiger partial charge is 0.520 e. The number of hydrogen-bond donors (Lipinski definition) is 0. The molecule has 0 N–H and O–H groups in total. The first-order chi connectivity index (χ1) is 10.0. The summed E-state index contributed by atoms with van der Waals surface area (Å²) in [5.74, 6) is -0.366. The second-order valence-corrected chi connectivity index (χ2v) is 16.5. The predicted molar refractivity (Wildman–Crippen MR) is 96.8 cm³/mol. The zero-order valence-electron chi connectivity index (χ0n) is 15.0. The molecule has 0 bridgehead atoms. The van der Waals surface area contributed by atoms with Crippen molar-refractivity contribution in [3.05, 3.63) is 35.9 Å². The van der Waals surface area contributed by atoms with Crippen molar-refractivity contribution in [1.82, 2.24) is 0 Å². The van der Waals surface area contributed by atoms with Gasteiger partial charge in [-0.25, -0.2) is 0 Å². The van der Waals surface area contributed by atoms with Crippen LogP contribution in [0, 0.1) is 5.92 Å². The van der Waals surface area contributed by atoms with Crippen LogP contribution < -0.4 is 0 Å². The fraction of sp³-hybridized carbons (Fsp3) is 0.588. The first-order valence-corrected chi connectivity index (χ1v) is 14.8. The Kier molecular flexibility index (Phi) is 6.58. The smallest absolute Gasteiger partial charge is 0.298 e. The normalized spacial score (nSPS) is 15.2. The molecule has 1 rings (SSSR count). The molecular formula is C17H30O3Si2. The Hall–Kier alpha value is -0.916. The summed E-state index contributed by atoms with van der Waals surface area (Å²) in [6.07, 6.45) is 0.495. The quantitative estimate of drug-likeness (QED) is 0.657. The van der Waals surface area contributed by atoms with Gasteiger partial charge in [-0.05, 0) is 51.3 Å². The van der Waals surface area contributed by atoms with Crippen LogP contribution in [0.15, 0.2) is 30.3 Å². The van der Waals surface area contributed by atoms with Crippen molar-refractivity contribution in [3.8, 4) is 0 Å². The second kappa shape index (κ2) is 7.57. The molecule has 2 atom stereocenters. The van der Waals surface area contributed by atoms with Crippen molar-refractivity contribution in [2.45, 2.75) is 58.7 Å². The van der Waals surface area contributed by atoms with Gasteiger partial charge in [0.2, 0.25) is 8.32 Å². The molecular weight excluding hydrogens is 308 g/mol. The van der Waals surface area contributed by atoms with Crippen molar-refractivity contribution < 1.29 is 13.6 Å². The SMILES string of the molecule is CC[C@H](C(=O)O[Si](C)(C)C)[C@H](O[Si](C)(C)C)c1ccccc1. The first kappa shape index (κ1) is 19.1. The van der Waals surface area contributed by atoms with E-state index >= 15 is 0 Å². The van der Waals surface area contributed by atoms with Crippen LogP contribution in [0.3, 0.4) is 0 Å². The summed E-state index contributed by atoms with van der Waals surface area (Å²) in [5, 5.41) is 0. The standard InChI is InChI=1S/C17H30O3Si2/c1-8-15(17(18)20-22(5,6)7)16(19-21(2,3)4)14-12-10-9-11-13-14/h9-13,15-16H,8H2,1-7H3/t15-,16+/m0/s1. The van der Waals surface area contributed by atoms with E-state index < -0.39 is 16.6 Å². The molecule has 0 fully saturated rings. The number of carbonyl (C=O) groups is 1. The van der Waals surface area contributed by atoms with E-state index in [1.54, 1.807) is 0 Å². The van der Waals surface area contributed by atoms with Gasteiger partial charge >= 0.3 is 0 Å². The van der Waals surface area contributed by atoms with Crippen LogP contribution in [0.1, 0.15) is 25.0 Å². The molecule has 124 valence electrons. The fourth-order valence-corrected chi connectivity index (χ4v) is 4.10. The zero-order valence-corrected chi connectivity index (χ0v) is 17.0. The Morgan fingerprint density at radius 1 is 1.00 bits per heavy atom. The van der Waals surface area contributed by atoms with Crippen LogP contribution >= 0.6 is 0 Å². The third kappa shape index (κ3) is 6.46. The minimum Gasteiger partial charge on any atom is -0.520 e. The van der Waals surface area contributed by atoms with Gasteiger partial charge in [0.15, 0.2) is 8.32 Å². The van der Waals surface area contributed by atoms with Crippen LogP contribution in [0.25, 0.3) is 0 Å². The molecule has 22 heavy (non-hydrogen) atoms. The molecule has 0 aliphatic heterocycles. The third-order valence-corrected chi connectivity index (χ3v) is 4.90.